The van der Waals surface area contributed by atoms with Crippen molar-refractivity contribution in [1.29, 1.82) is 0 Å². The van der Waals surface area contributed by atoms with Crippen LogP contribution in [0.1, 0.15) is 100 Å². The molecule has 224 valence electrons. The quantitative estimate of drug-likeness (QED) is 0.161. The van der Waals surface area contributed by atoms with Crippen LogP contribution in [0.15, 0.2) is 42.5 Å². The highest BCUT2D eigenvalue weighted by Gasteiger charge is 2.56. The van der Waals surface area contributed by atoms with E-state index in [1.165, 1.54) is 16.7 Å². The van der Waals surface area contributed by atoms with Crippen LogP contribution in [0.4, 0.5) is 22.0 Å². The Balaban J connectivity index is 1.38. The molecule has 0 saturated heterocycles. The van der Waals surface area contributed by atoms with Crippen molar-refractivity contribution >= 4 is 10.8 Å². The highest BCUT2D eigenvalue weighted by Crippen LogP contribution is 2.50. The average Bonchev–Trinajstić information content (AvgIpc) is 2.88. The van der Waals surface area contributed by atoms with Gasteiger partial charge in [0, 0.05) is 28.7 Å². The van der Waals surface area contributed by atoms with Gasteiger partial charge in [-0.2, -0.15) is 22.0 Å². The maximum atomic E-state index is 12.9. The molecule has 3 atom stereocenters. The first-order chi connectivity index (χ1) is 18.8. The topological polar surface area (TPSA) is 57.5 Å². The lowest BCUT2D eigenvalue weighted by atomic mass is 9.60. The van der Waals surface area contributed by atoms with E-state index < -0.39 is 35.7 Å². The molecular formula is C31H41F5O3S. The number of unbranched alkanes of at least 4 members (excludes halogenated alkanes) is 6. The van der Waals surface area contributed by atoms with E-state index in [0.29, 0.717) is 18.1 Å². The Hall–Kier alpha value is -2.16. The number of phenols is 2. The van der Waals surface area contributed by atoms with E-state index in [1.54, 1.807) is 18.2 Å². The van der Waals surface area contributed by atoms with Gasteiger partial charge in [-0.1, -0.05) is 63.6 Å². The van der Waals surface area contributed by atoms with E-state index in [1.807, 2.05) is 18.2 Å². The van der Waals surface area contributed by atoms with Crippen molar-refractivity contribution in [3.05, 3.63) is 59.2 Å². The number of alkyl halides is 5. The fraction of sp³-hybridized carbons (Fsp3) is 0.613. The van der Waals surface area contributed by atoms with Crippen LogP contribution >= 0.6 is 0 Å². The molecule has 2 aromatic rings. The molecule has 0 bridgehead atoms. The van der Waals surface area contributed by atoms with E-state index in [9.17, 15) is 36.4 Å². The van der Waals surface area contributed by atoms with Crippen LogP contribution in [0.3, 0.4) is 0 Å². The van der Waals surface area contributed by atoms with Crippen LogP contribution in [0, 0.1) is 0 Å². The maximum absolute atomic E-state index is 12.9. The minimum Gasteiger partial charge on any atom is -0.508 e. The first-order valence-electron chi connectivity index (χ1n) is 14.2. The minimum atomic E-state index is -5.55. The summed E-state index contributed by atoms with van der Waals surface area (Å²) >= 11 is 0. The van der Waals surface area contributed by atoms with Crippen molar-refractivity contribution in [3.8, 4) is 11.5 Å². The summed E-state index contributed by atoms with van der Waals surface area (Å²) in [6.45, 7) is 2.30. The van der Waals surface area contributed by atoms with Gasteiger partial charge in [0.15, 0.2) is 0 Å². The van der Waals surface area contributed by atoms with Gasteiger partial charge in [-0.25, -0.2) is 0 Å². The highest BCUT2D eigenvalue weighted by molar-refractivity contribution is 7.84. The van der Waals surface area contributed by atoms with Crippen LogP contribution in [-0.2, 0) is 22.6 Å². The maximum Gasteiger partial charge on any atom is 0.453 e. The number of hydrogen-bond acceptors (Lipinski definition) is 3. The van der Waals surface area contributed by atoms with E-state index in [4.69, 9.17) is 0 Å². The molecule has 0 amide bonds. The molecule has 0 spiro atoms. The standard InChI is InChI=1S/C31H41F5O3S/c1-29(24-11-13-25(37)14-12-24)19-17-23-22-26(38)15-16-27(23)28(29)10-7-5-3-2-4-6-8-20-40(39)21-9-18-30(32,33)31(34,35)36/h11-16,22,28,37-38H,2-10,17-21H2,1H3/t28-,29-,40?/m0/s1. The molecule has 0 aromatic heterocycles. The summed E-state index contributed by atoms with van der Waals surface area (Å²) in [6.07, 6.45) is 2.36. The van der Waals surface area contributed by atoms with Gasteiger partial charge in [0.1, 0.15) is 11.5 Å². The zero-order chi connectivity index (χ0) is 29.4. The first kappa shape index (κ1) is 32.4. The summed E-state index contributed by atoms with van der Waals surface area (Å²) in [5.74, 6) is -3.67. The summed E-state index contributed by atoms with van der Waals surface area (Å²) < 4.78 is 74.4. The van der Waals surface area contributed by atoms with Crippen LogP contribution < -0.4 is 0 Å². The Morgan fingerprint density at radius 3 is 2.05 bits per heavy atom. The second-order valence-corrected chi connectivity index (χ2v) is 13.0. The molecule has 9 heteroatoms. The Bertz CT molecular complexity index is 1100. The van der Waals surface area contributed by atoms with Crippen molar-refractivity contribution in [3.63, 3.8) is 0 Å². The SMILES string of the molecule is C[C@@]1(c2ccc(O)cc2)CCc2cc(O)ccc2[C@@H]1CCCCCCCCCS(=O)CCCC(F)(F)C(F)(F)F. The molecule has 1 unspecified atom stereocenters. The van der Waals surface area contributed by atoms with Crippen molar-refractivity contribution in [1.82, 2.24) is 0 Å². The molecule has 3 nitrogen and oxygen atoms in total. The zero-order valence-corrected chi connectivity index (χ0v) is 23.9. The normalized spacial score (nSPS) is 20.3. The molecule has 2 aromatic carbocycles. The molecular weight excluding hydrogens is 547 g/mol. The second-order valence-electron chi connectivity index (χ2n) is 11.3. The molecule has 1 aliphatic rings. The molecule has 3 rings (SSSR count). The fourth-order valence-corrected chi connectivity index (χ4v) is 7.11. The molecule has 0 radical (unpaired) electrons. The number of fused-ring (bicyclic) bond motifs is 1. The Kier molecular flexibility index (Phi) is 11.4. The van der Waals surface area contributed by atoms with Crippen LogP contribution in [0.5, 0.6) is 11.5 Å². The van der Waals surface area contributed by atoms with Gasteiger partial charge in [-0.05, 0) is 84.4 Å². The first-order valence-corrected chi connectivity index (χ1v) is 15.7. The monoisotopic (exact) mass is 588 g/mol. The highest BCUT2D eigenvalue weighted by atomic mass is 32.2. The fourth-order valence-electron chi connectivity index (χ4n) is 5.92. The van der Waals surface area contributed by atoms with Gasteiger partial charge >= 0.3 is 12.1 Å². The lowest BCUT2D eigenvalue weighted by Crippen LogP contribution is -2.36. The van der Waals surface area contributed by atoms with E-state index in [0.717, 1.165) is 57.8 Å². The molecule has 0 saturated carbocycles. The number of hydrogen-bond donors (Lipinski definition) is 2. The van der Waals surface area contributed by atoms with Crippen LogP contribution in [-0.4, -0.2) is 38.0 Å². The average molecular weight is 589 g/mol. The third kappa shape index (κ3) is 8.67. The van der Waals surface area contributed by atoms with E-state index in [-0.39, 0.29) is 22.7 Å². The predicted octanol–water partition coefficient (Wildman–Crippen LogP) is 8.93. The zero-order valence-electron chi connectivity index (χ0n) is 23.1. The molecule has 0 aliphatic heterocycles. The number of aromatic hydroxyl groups is 2. The van der Waals surface area contributed by atoms with Gasteiger partial charge in [0.25, 0.3) is 0 Å². The number of halogens is 5. The van der Waals surface area contributed by atoms with Gasteiger partial charge < -0.3 is 10.2 Å². The van der Waals surface area contributed by atoms with Crippen molar-refractivity contribution in [2.24, 2.45) is 0 Å². The van der Waals surface area contributed by atoms with Crippen LogP contribution in [0.2, 0.25) is 0 Å². The number of rotatable bonds is 15. The summed E-state index contributed by atoms with van der Waals surface area (Å²) in [4.78, 5) is 0. The molecule has 0 heterocycles. The molecule has 0 fully saturated rings. The third-order valence-electron chi connectivity index (χ3n) is 8.35. The van der Waals surface area contributed by atoms with Gasteiger partial charge in [0.05, 0.1) is 0 Å². The number of benzene rings is 2. The third-order valence-corrected chi connectivity index (χ3v) is 9.84. The second kappa shape index (κ2) is 14.1. The Morgan fingerprint density at radius 2 is 1.40 bits per heavy atom. The van der Waals surface area contributed by atoms with Crippen LogP contribution in [0.25, 0.3) is 0 Å². The molecule has 1 aliphatic carbocycles. The Labute approximate surface area is 236 Å². The summed E-state index contributed by atoms with van der Waals surface area (Å²) in [7, 11) is -1.37. The summed E-state index contributed by atoms with van der Waals surface area (Å²) in [5.41, 5.74) is 3.62. The van der Waals surface area contributed by atoms with Crippen molar-refractivity contribution in [2.45, 2.75) is 107 Å². The van der Waals surface area contributed by atoms with Crippen molar-refractivity contribution in [2.75, 3.05) is 11.5 Å². The van der Waals surface area contributed by atoms with E-state index >= 15 is 0 Å². The van der Waals surface area contributed by atoms with Gasteiger partial charge in [-0.3, -0.25) is 4.21 Å². The van der Waals surface area contributed by atoms with E-state index in [2.05, 4.69) is 13.0 Å². The van der Waals surface area contributed by atoms with Gasteiger partial charge in [-0.15, -0.1) is 0 Å². The molecule has 2 N–H and O–H groups in total. The van der Waals surface area contributed by atoms with Crippen molar-refractivity contribution < 1.29 is 36.4 Å². The lowest BCUT2D eigenvalue weighted by Gasteiger charge is -2.43. The lowest BCUT2D eigenvalue weighted by molar-refractivity contribution is -0.284. The largest absolute Gasteiger partial charge is 0.508 e. The minimum absolute atomic E-state index is 0.0734. The van der Waals surface area contributed by atoms with Gasteiger partial charge in [0.2, 0.25) is 0 Å². The number of phenolic OH excluding ortho intramolecular Hbond substituents is 2. The Morgan fingerprint density at radius 1 is 0.825 bits per heavy atom. The summed E-state index contributed by atoms with van der Waals surface area (Å²) in [5, 5.41) is 19.8. The molecule has 40 heavy (non-hydrogen) atoms. The predicted molar refractivity (Wildman–Crippen MR) is 150 cm³/mol. The summed E-state index contributed by atoms with van der Waals surface area (Å²) in [6, 6.07) is 13.2. The smallest absolute Gasteiger partial charge is 0.453 e. The number of aryl methyl sites for hydroxylation is 1.